The Morgan fingerprint density at radius 2 is 1.92 bits per heavy atom. The summed E-state index contributed by atoms with van der Waals surface area (Å²) < 4.78 is 0. The van der Waals surface area contributed by atoms with Gasteiger partial charge in [-0.15, -0.1) is 0 Å². The van der Waals surface area contributed by atoms with Crippen LogP contribution in [-0.4, -0.2) is 41.9 Å². The molecule has 3 rings (SSSR count). The fraction of sp³-hybridized carbons (Fsp3) is 0.611. The summed E-state index contributed by atoms with van der Waals surface area (Å²) >= 11 is 0. The van der Waals surface area contributed by atoms with Gasteiger partial charge in [-0.05, 0) is 44.1 Å². The molecule has 1 atom stereocenters. The van der Waals surface area contributed by atoms with Crippen LogP contribution >= 0.6 is 0 Å². The third-order valence-corrected chi connectivity index (χ3v) is 5.06. The summed E-state index contributed by atoms with van der Waals surface area (Å²) in [7, 11) is 0. The van der Waals surface area contributed by atoms with E-state index >= 15 is 0 Å². The Kier molecular flexibility index (Phi) is 5.02. The molecular weight excluding hydrogens is 306 g/mol. The minimum atomic E-state index is -0.421. The van der Waals surface area contributed by atoms with Crippen LogP contribution in [0, 0.1) is 16.0 Å². The first-order chi connectivity index (χ1) is 11.6. The van der Waals surface area contributed by atoms with Crippen LogP contribution in [-0.2, 0) is 0 Å². The highest BCUT2D eigenvalue weighted by Gasteiger charge is 2.27. The first-order valence-electron chi connectivity index (χ1n) is 8.89. The van der Waals surface area contributed by atoms with Gasteiger partial charge in [0.1, 0.15) is 0 Å². The van der Waals surface area contributed by atoms with Crippen molar-refractivity contribution < 1.29 is 9.72 Å². The molecule has 0 aromatic heterocycles. The van der Waals surface area contributed by atoms with Crippen molar-refractivity contribution in [2.24, 2.45) is 5.92 Å². The molecule has 2 aliphatic heterocycles. The minimum Gasteiger partial charge on any atom is -0.371 e. The quantitative estimate of drug-likeness (QED) is 0.628. The SMILES string of the molecule is CC1CCCN(C(=O)c2cc([N+](=O)[O-])ccc2N2CCCCC2)C1. The van der Waals surface area contributed by atoms with E-state index in [1.54, 1.807) is 6.07 Å². The van der Waals surface area contributed by atoms with E-state index in [9.17, 15) is 14.9 Å². The predicted octanol–water partition coefficient (Wildman–Crippen LogP) is 3.46. The number of likely N-dealkylation sites (tertiary alicyclic amines) is 1. The van der Waals surface area contributed by atoms with Gasteiger partial charge in [-0.3, -0.25) is 14.9 Å². The summed E-state index contributed by atoms with van der Waals surface area (Å²) in [5, 5.41) is 11.2. The molecule has 1 aromatic carbocycles. The maximum atomic E-state index is 13.1. The smallest absolute Gasteiger partial charge is 0.270 e. The molecule has 6 heteroatoms. The Bertz CT molecular complexity index is 626. The number of anilines is 1. The summed E-state index contributed by atoms with van der Waals surface area (Å²) in [6.45, 7) is 5.45. The molecule has 0 radical (unpaired) electrons. The second kappa shape index (κ2) is 7.20. The third kappa shape index (κ3) is 3.52. The predicted molar refractivity (Wildman–Crippen MR) is 93.5 cm³/mol. The maximum Gasteiger partial charge on any atom is 0.270 e. The summed E-state index contributed by atoms with van der Waals surface area (Å²) in [6.07, 6.45) is 5.55. The maximum absolute atomic E-state index is 13.1. The molecule has 0 spiro atoms. The third-order valence-electron chi connectivity index (χ3n) is 5.06. The van der Waals surface area contributed by atoms with Crippen molar-refractivity contribution in [3.8, 4) is 0 Å². The number of benzene rings is 1. The normalized spacial score (nSPS) is 21.6. The number of hydrogen-bond acceptors (Lipinski definition) is 4. The number of piperidine rings is 2. The van der Waals surface area contributed by atoms with E-state index in [1.807, 2.05) is 4.90 Å². The summed E-state index contributed by atoms with van der Waals surface area (Å²) in [6, 6.07) is 4.73. The monoisotopic (exact) mass is 331 g/mol. The van der Waals surface area contributed by atoms with Gasteiger partial charge in [-0.2, -0.15) is 0 Å². The molecule has 2 saturated heterocycles. The van der Waals surface area contributed by atoms with Crippen LogP contribution in [0.5, 0.6) is 0 Å². The van der Waals surface area contributed by atoms with Crippen molar-refractivity contribution in [2.45, 2.75) is 39.0 Å². The standard InChI is InChI=1S/C18H25N3O3/c1-14-6-5-11-20(13-14)18(22)16-12-15(21(23)24)7-8-17(16)19-9-3-2-4-10-19/h7-8,12,14H,2-6,9-11,13H2,1H3. The van der Waals surface area contributed by atoms with Crippen molar-refractivity contribution in [2.75, 3.05) is 31.1 Å². The Morgan fingerprint density at radius 1 is 1.17 bits per heavy atom. The topological polar surface area (TPSA) is 66.7 Å². The van der Waals surface area contributed by atoms with Gasteiger partial charge in [0.2, 0.25) is 0 Å². The number of rotatable bonds is 3. The molecule has 2 aliphatic rings. The summed E-state index contributed by atoms with van der Waals surface area (Å²) in [5.41, 5.74) is 1.33. The number of nitrogens with zero attached hydrogens (tertiary/aromatic N) is 3. The lowest BCUT2D eigenvalue weighted by Gasteiger charge is -2.34. The highest BCUT2D eigenvalue weighted by atomic mass is 16.6. The molecule has 1 unspecified atom stereocenters. The van der Waals surface area contributed by atoms with E-state index in [1.165, 1.54) is 18.6 Å². The lowest BCUT2D eigenvalue weighted by molar-refractivity contribution is -0.384. The molecule has 0 N–H and O–H groups in total. The number of nitro groups is 1. The number of carbonyl (C=O) groups is 1. The number of hydrogen-bond donors (Lipinski definition) is 0. The molecule has 24 heavy (non-hydrogen) atoms. The fourth-order valence-electron chi connectivity index (χ4n) is 3.76. The lowest BCUT2D eigenvalue weighted by atomic mass is 9.98. The highest BCUT2D eigenvalue weighted by molar-refractivity contribution is 6.00. The zero-order valence-corrected chi connectivity index (χ0v) is 14.2. The van der Waals surface area contributed by atoms with Crippen LogP contribution < -0.4 is 4.90 Å². The molecule has 6 nitrogen and oxygen atoms in total. The average molecular weight is 331 g/mol. The van der Waals surface area contributed by atoms with E-state index in [0.29, 0.717) is 11.5 Å². The molecule has 2 fully saturated rings. The first kappa shape index (κ1) is 16.7. The average Bonchev–Trinajstić information content (AvgIpc) is 2.61. The van der Waals surface area contributed by atoms with Crippen LogP contribution in [0.3, 0.4) is 0 Å². The second-order valence-electron chi connectivity index (χ2n) is 7.00. The first-order valence-corrected chi connectivity index (χ1v) is 8.89. The minimum absolute atomic E-state index is 0.0100. The van der Waals surface area contributed by atoms with Gasteiger partial charge in [-0.25, -0.2) is 0 Å². The Labute approximate surface area is 142 Å². The van der Waals surface area contributed by atoms with Gasteiger partial charge in [0.05, 0.1) is 16.2 Å². The number of nitro benzene ring substituents is 1. The van der Waals surface area contributed by atoms with Crippen LogP contribution in [0.2, 0.25) is 0 Å². The van der Waals surface area contributed by atoms with Gasteiger partial charge in [-0.1, -0.05) is 6.92 Å². The molecule has 0 bridgehead atoms. The molecule has 130 valence electrons. The van der Waals surface area contributed by atoms with Crippen molar-refractivity contribution in [1.29, 1.82) is 0 Å². The lowest BCUT2D eigenvalue weighted by Crippen LogP contribution is -2.40. The summed E-state index contributed by atoms with van der Waals surface area (Å²) in [4.78, 5) is 27.9. The van der Waals surface area contributed by atoms with Gasteiger partial charge in [0, 0.05) is 38.3 Å². The van der Waals surface area contributed by atoms with E-state index in [4.69, 9.17) is 0 Å². The second-order valence-corrected chi connectivity index (χ2v) is 7.00. The molecule has 1 aromatic rings. The molecular formula is C18H25N3O3. The fourth-order valence-corrected chi connectivity index (χ4v) is 3.76. The van der Waals surface area contributed by atoms with Gasteiger partial charge in [0.25, 0.3) is 11.6 Å². The van der Waals surface area contributed by atoms with Crippen LogP contribution in [0.1, 0.15) is 49.4 Å². The number of carbonyl (C=O) groups excluding carboxylic acids is 1. The Hall–Kier alpha value is -2.11. The van der Waals surface area contributed by atoms with Crippen LogP contribution in [0.15, 0.2) is 18.2 Å². The molecule has 1 amide bonds. The van der Waals surface area contributed by atoms with Crippen LogP contribution in [0.4, 0.5) is 11.4 Å². The van der Waals surface area contributed by atoms with E-state index in [-0.39, 0.29) is 11.6 Å². The van der Waals surface area contributed by atoms with E-state index < -0.39 is 4.92 Å². The number of non-ortho nitro benzene ring substituents is 1. The Morgan fingerprint density at radius 3 is 2.58 bits per heavy atom. The van der Waals surface area contributed by atoms with E-state index in [2.05, 4.69) is 11.8 Å². The van der Waals surface area contributed by atoms with Crippen molar-refractivity contribution >= 4 is 17.3 Å². The van der Waals surface area contributed by atoms with Crippen molar-refractivity contribution in [3.05, 3.63) is 33.9 Å². The molecule has 0 saturated carbocycles. The van der Waals surface area contributed by atoms with Gasteiger partial charge < -0.3 is 9.80 Å². The highest BCUT2D eigenvalue weighted by Crippen LogP contribution is 2.30. The van der Waals surface area contributed by atoms with Crippen molar-refractivity contribution in [3.63, 3.8) is 0 Å². The van der Waals surface area contributed by atoms with Gasteiger partial charge in [0.15, 0.2) is 0 Å². The van der Waals surface area contributed by atoms with Crippen molar-refractivity contribution in [1.82, 2.24) is 4.90 Å². The zero-order valence-electron chi connectivity index (χ0n) is 14.2. The zero-order chi connectivity index (χ0) is 17.1. The molecule has 0 aliphatic carbocycles. The van der Waals surface area contributed by atoms with Gasteiger partial charge >= 0.3 is 0 Å². The van der Waals surface area contributed by atoms with E-state index in [0.717, 1.165) is 57.5 Å². The Balaban J connectivity index is 1.94. The van der Waals surface area contributed by atoms with Crippen LogP contribution in [0.25, 0.3) is 0 Å². The molecule has 2 heterocycles. The summed E-state index contributed by atoms with van der Waals surface area (Å²) in [5.74, 6) is 0.422. The number of amides is 1. The largest absolute Gasteiger partial charge is 0.371 e.